The van der Waals surface area contributed by atoms with Gasteiger partial charge in [-0.2, -0.15) is 0 Å². The van der Waals surface area contributed by atoms with Crippen molar-refractivity contribution in [3.05, 3.63) is 28.3 Å². The Labute approximate surface area is 114 Å². The Morgan fingerprint density at radius 2 is 2.05 bits per heavy atom. The summed E-state index contributed by atoms with van der Waals surface area (Å²) in [5, 5.41) is 14.2. The SMILES string of the molecule is CCOc1cc(NCC(C)C(C)C)ccc1[N+](=O)[O-]. The topological polar surface area (TPSA) is 64.4 Å². The molecule has 1 unspecified atom stereocenters. The maximum absolute atomic E-state index is 10.9. The number of nitrogens with one attached hydrogen (secondary N) is 1. The molecule has 0 amide bonds. The lowest BCUT2D eigenvalue weighted by molar-refractivity contribution is -0.385. The molecule has 1 aromatic rings. The summed E-state index contributed by atoms with van der Waals surface area (Å²) in [6.45, 7) is 9.58. The van der Waals surface area contributed by atoms with Gasteiger partial charge in [0.15, 0.2) is 5.75 Å². The molecule has 1 rings (SSSR count). The zero-order valence-electron chi connectivity index (χ0n) is 12.0. The molecule has 5 heteroatoms. The number of hydrogen-bond acceptors (Lipinski definition) is 4. The first-order valence-electron chi connectivity index (χ1n) is 6.60. The Balaban J connectivity index is 2.80. The first-order valence-corrected chi connectivity index (χ1v) is 6.60. The van der Waals surface area contributed by atoms with E-state index in [1.165, 1.54) is 6.07 Å². The van der Waals surface area contributed by atoms with E-state index in [0.29, 0.717) is 24.2 Å². The van der Waals surface area contributed by atoms with Gasteiger partial charge in [-0.25, -0.2) is 0 Å². The van der Waals surface area contributed by atoms with Gasteiger partial charge in [-0.05, 0) is 24.8 Å². The van der Waals surface area contributed by atoms with E-state index >= 15 is 0 Å². The maximum Gasteiger partial charge on any atom is 0.311 e. The summed E-state index contributed by atoms with van der Waals surface area (Å²) in [5.74, 6) is 1.44. The van der Waals surface area contributed by atoms with Gasteiger partial charge in [0.2, 0.25) is 0 Å². The number of benzene rings is 1. The van der Waals surface area contributed by atoms with Crippen molar-refractivity contribution >= 4 is 11.4 Å². The van der Waals surface area contributed by atoms with E-state index in [1.54, 1.807) is 12.1 Å². The minimum atomic E-state index is -0.425. The summed E-state index contributed by atoms with van der Waals surface area (Å²) in [6, 6.07) is 4.88. The summed E-state index contributed by atoms with van der Waals surface area (Å²) >= 11 is 0. The summed E-state index contributed by atoms with van der Waals surface area (Å²) < 4.78 is 5.31. The molecule has 0 radical (unpaired) electrons. The molecule has 5 nitrogen and oxygen atoms in total. The summed E-state index contributed by atoms with van der Waals surface area (Å²) in [5.41, 5.74) is 0.853. The fourth-order valence-electron chi connectivity index (χ4n) is 1.56. The van der Waals surface area contributed by atoms with Crippen molar-refractivity contribution in [2.24, 2.45) is 11.8 Å². The third kappa shape index (κ3) is 4.43. The maximum atomic E-state index is 10.9. The average Bonchev–Trinajstić information content (AvgIpc) is 2.36. The molecule has 0 aliphatic rings. The number of ether oxygens (including phenoxy) is 1. The van der Waals surface area contributed by atoms with Crippen LogP contribution < -0.4 is 10.1 Å². The van der Waals surface area contributed by atoms with Crippen molar-refractivity contribution in [3.63, 3.8) is 0 Å². The highest BCUT2D eigenvalue weighted by Crippen LogP contribution is 2.30. The van der Waals surface area contributed by atoms with E-state index in [9.17, 15) is 10.1 Å². The van der Waals surface area contributed by atoms with Crippen LogP contribution in [0.2, 0.25) is 0 Å². The fraction of sp³-hybridized carbons (Fsp3) is 0.571. The monoisotopic (exact) mass is 266 g/mol. The molecule has 1 atom stereocenters. The van der Waals surface area contributed by atoms with E-state index in [-0.39, 0.29) is 5.69 Å². The van der Waals surface area contributed by atoms with Crippen LogP contribution >= 0.6 is 0 Å². The molecule has 0 fully saturated rings. The van der Waals surface area contributed by atoms with Crippen LogP contribution in [0.15, 0.2) is 18.2 Å². The Morgan fingerprint density at radius 3 is 2.58 bits per heavy atom. The second-order valence-electron chi connectivity index (χ2n) is 4.97. The Hall–Kier alpha value is -1.78. The van der Waals surface area contributed by atoms with Crippen LogP contribution in [-0.2, 0) is 0 Å². The number of nitro groups is 1. The van der Waals surface area contributed by atoms with Crippen LogP contribution in [0, 0.1) is 22.0 Å². The number of hydrogen-bond donors (Lipinski definition) is 1. The lowest BCUT2D eigenvalue weighted by Crippen LogP contribution is -2.16. The average molecular weight is 266 g/mol. The zero-order chi connectivity index (χ0) is 14.4. The van der Waals surface area contributed by atoms with E-state index in [1.807, 2.05) is 6.92 Å². The van der Waals surface area contributed by atoms with Gasteiger partial charge in [0.25, 0.3) is 0 Å². The van der Waals surface area contributed by atoms with Gasteiger partial charge in [-0.3, -0.25) is 10.1 Å². The highest BCUT2D eigenvalue weighted by molar-refractivity contribution is 5.58. The molecule has 0 heterocycles. The van der Waals surface area contributed by atoms with Crippen molar-refractivity contribution in [2.45, 2.75) is 27.7 Å². The summed E-state index contributed by atoms with van der Waals surface area (Å²) in [4.78, 5) is 10.4. The fourth-order valence-corrected chi connectivity index (χ4v) is 1.56. The molecule has 106 valence electrons. The van der Waals surface area contributed by atoms with E-state index in [0.717, 1.165) is 12.2 Å². The molecular formula is C14H22N2O3. The van der Waals surface area contributed by atoms with Gasteiger partial charge in [-0.1, -0.05) is 20.8 Å². The van der Waals surface area contributed by atoms with Gasteiger partial charge in [-0.15, -0.1) is 0 Å². The van der Waals surface area contributed by atoms with Gasteiger partial charge >= 0.3 is 5.69 Å². The normalized spacial score (nSPS) is 12.3. The minimum Gasteiger partial charge on any atom is -0.487 e. The Bertz CT molecular complexity index is 433. The van der Waals surface area contributed by atoms with E-state index in [4.69, 9.17) is 4.74 Å². The van der Waals surface area contributed by atoms with Crippen molar-refractivity contribution in [2.75, 3.05) is 18.5 Å². The molecule has 0 saturated carbocycles. The first kappa shape index (κ1) is 15.3. The third-order valence-electron chi connectivity index (χ3n) is 3.22. The summed E-state index contributed by atoms with van der Waals surface area (Å²) in [6.07, 6.45) is 0. The molecular weight excluding hydrogens is 244 g/mol. The molecule has 1 N–H and O–H groups in total. The van der Waals surface area contributed by atoms with Gasteiger partial charge in [0.1, 0.15) is 0 Å². The highest BCUT2D eigenvalue weighted by Gasteiger charge is 2.15. The smallest absolute Gasteiger partial charge is 0.311 e. The second-order valence-corrected chi connectivity index (χ2v) is 4.97. The van der Waals surface area contributed by atoms with Crippen molar-refractivity contribution in [1.82, 2.24) is 0 Å². The third-order valence-corrected chi connectivity index (χ3v) is 3.22. The first-order chi connectivity index (χ1) is 8.95. The minimum absolute atomic E-state index is 0.00399. The van der Waals surface area contributed by atoms with Crippen LogP contribution in [0.4, 0.5) is 11.4 Å². The number of rotatable bonds is 7. The van der Waals surface area contributed by atoms with Crippen molar-refractivity contribution < 1.29 is 9.66 Å². The standard InChI is InChI=1S/C14H22N2O3/c1-5-19-14-8-12(6-7-13(14)16(17)18)15-9-11(4)10(2)3/h6-8,10-11,15H,5,9H2,1-4H3. The molecule has 0 aliphatic heterocycles. The number of anilines is 1. The molecule has 0 spiro atoms. The van der Waals surface area contributed by atoms with Gasteiger partial charge < -0.3 is 10.1 Å². The van der Waals surface area contributed by atoms with E-state index in [2.05, 4.69) is 26.1 Å². The zero-order valence-corrected chi connectivity index (χ0v) is 12.0. The van der Waals surface area contributed by atoms with Crippen LogP contribution in [0.3, 0.4) is 0 Å². The molecule has 19 heavy (non-hydrogen) atoms. The van der Waals surface area contributed by atoms with E-state index < -0.39 is 4.92 Å². The Kier molecular flexibility index (Phi) is 5.60. The van der Waals surface area contributed by atoms with Crippen LogP contribution in [-0.4, -0.2) is 18.1 Å². The Morgan fingerprint density at radius 1 is 1.37 bits per heavy atom. The number of nitro benzene ring substituents is 1. The summed E-state index contributed by atoms with van der Waals surface area (Å²) in [7, 11) is 0. The lowest BCUT2D eigenvalue weighted by atomic mass is 9.98. The second kappa shape index (κ2) is 6.97. The quantitative estimate of drug-likeness (QED) is 0.603. The molecule has 0 aliphatic carbocycles. The van der Waals surface area contributed by atoms with Crippen molar-refractivity contribution in [3.8, 4) is 5.75 Å². The molecule has 0 saturated heterocycles. The molecule has 1 aromatic carbocycles. The van der Waals surface area contributed by atoms with Gasteiger partial charge in [0.05, 0.1) is 11.5 Å². The van der Waals surface area contributed by atoms with Gasteiger partial charge in [0, 0.05) is 24.4 Å². The number of nitrogens with zero attached hydrogens (tertiary/aromatic N) is 1. The van der Waals surface area contributed by atoms with Crippen molar-refractivity contribution in [1.29, 1.82) is 0 Å². The lowest BCUT2D eigenvalue weighted by Gasteiger charge is -2.17. The van der Waals surface area contributed by atoms with Crippen LogP contribution in [0.1, 0.15) is 27.7 Å². The molecule has 0 aromatic heterocycles. The highest BCUT2D eigenvalue weighted by atomic mass is 16.6. The largest absolute Gasteiger partial charge is 0.487 e. The predicted molar refractivity (Wildman–Crippen MR) is 76.8 cm³/mol. The molecule has 0 bridgehead atoms. The predicted octanol–water partition coefficient (Wildman–Crippen LogP) is 3.70. The van der Waals surface area contributed by atoms with Crippen LogP contribution in [0.25, 0.3) is 0 Å². The van der Waals surface area contributed by atoms with Crippen LogP contribution in [0.5, 0.6) is 5.75 Å².